The monoisotopic (exact) mass is 595 g/mol. The standard InChI is InChI=1S/C33H45N3O7/c1-4-7-15-26(38)42-22-24(23-13-10-9-11-14-23)34-30(39)27-25-16-17-33(43-25)28(27)31(40)36(20-12-21-37)29(33)32(41)35(18-6-3)19-8-5-2/h4,6,9-11,13-14,24-25,27-29,37H,1,3,5,7-8,12,15-22H2,2H3,(H,34,39)/t24-,25+,27-,28-,29+,33-/m1/s1. The van der Waals surface area contributed by atoms with Crippen molar-refractivity contribution in [3.63, 3.8) is 0 Å². The number of fused-ring (bicyclic) bond motifs is 1. The average Bonchev–Trinajstić information content (AvgIpc) is 3.66. The van der Waals surface area contributed by atoms with Crippen molar-refractivity contribution < 1.29 is 33.8 Å². The first kappa shape index (κ1) is 32.4. The summed E-state index contributed by atoms with van der Waals surface area (Å²) >= 11 is 0. The molecule has 234 valence electrons. The number of ether oxygens (including phenoxy) is 2. The van der Waals surface area contributed by atoms with Crippen LogP contribution >= 0.6 is 0 Å². The average molecular weight is 596 g/mol. The van der Waals surface area contributed by atoms with E-state index in [0.717, 1.165) is 18.4 Å². The number of allylic oxidation sites excluding steroid dienone is 1. The number of aliphatic hydroxyl groups is 1. The Morgan fingerprint density at radius 3 is 2.67 bits per heavy atom. The second-order valence-corrected chi connectivity index (χ2v) is 11.6. The number of hydrogen-bond acceptors (Lipinski definition) is 7. The smallest absolute Gasteiger partial charge is 0.306 e. The highest BCUT2D eigenvalue weighted by atomic mass is 16.5. The topological polar surface area (TPSA) is 125 Å². The Labute approximate surface area is 254 Å². The van der Waals surface area contributed by atoms with E-state index in [1.165, 1.54) is 4.90 Å². The maximum absolute atomic E-state index is 14.1. The number of aliphatic hydroxyl groups excluding tert-OH is 1. The summed E-state index contributed by atoms with van der Waals surface area (Å²) in [6, 6.07) is 7.72. The van der Waals surface area contributed by atoms with Crippen molar-refractivity contribution in [1.82, 2.24) is 15.1 Å². The lowest BCUT2D eigenvalue weighted by Crippen LogP contribution is -2.56. The molecule has 4 rings (SSSR count). The Balaban J connectivity index is 1.61. The zero-order valence-corrected chi connectivity index (χ0v) is 25.1. The van der Waals surface area contributed by atoms with Crippen molar-refractivity contribution in [1.29, 1.82) is 0 Å². The number of amides is 3. The van der Waals surface area contributed by atoms with Crippen LogP contribution in [0.1, 0.15) is 63.5 Å². The molecule has 3 fully saturated rings. The van der Waals surface area contributed by atoms with E-state index >= 15 is 0 Å². The first-order valence-electron chi connectivity index (χ1n) is 15.4. The van der Waals surface area contributed by atoms with Gasteiger partial charge < -0.3 is 29.7 Å². The number of nitrogens with one attached hydrogen (secondary N) is 1. The molecule has 10 heteroatoms. The van der Waals surface area contributed by atoms with Gasteiger partial charge in [0.15, 0.2) is 0 Å². The second kappa shape index (κ2) is 14.8. The molecule has 0 unspecified atom stereocenters. The molecule has 3 aliphatic heterocycles. The van der Waals surface area contributed by atoms with E-state index in [1.807, 2.05) is 37.3 Å². The summed E-state index contributed by atoms with van der Waals surface area (Å²) in [5, 5.41) is 12.6. The Morgan fingerprint density at radius 2 is 2.00 bits per heavy atom. The zero-order chi connectivity index (χ0) is 31.0. The van der Waals surface area contributed by atoms with Gasteiger partial charge in [0.1, 0.15) is 18.2 Å². The number of carbonyl (C=O) groups excluding carboxylic acids is 4. The lowest BCUT2D eigenvalue weighted by Gasteiger charge is -2.36. The van der Waals surface area contributed by atoms with Crippen molar-refractivity contribution in [2.24, 2.45) is 11.8 Å². The Morgan fingerprint density at radius 1 is 1.23 bits per heavy atom. The molecule has 1 spiro atoms. The van der Waals surface area contributed by atoms with Gasteiger partial charge in [0.2, 0.25) is 17.7 Å². The van der Waals surface area contributed by atoms with Crippen molar-refractivity contribution in [2.45, 2.75) is 75.7 Å². The van der Waals surface area contributed by atoms with Gasteiger partial charge in [0, 0.05) is 32.7 Å². The van der Waals surface area contributed by atoms with Crippen molar-refractivity contribution in [3.05, 3.63) is 61.2 Å². The Bertz CT molecular complexity index is 1170. The van der Waals surface area contributed by atoms with Gasteiger partial charge in [-0.2, -0.15) is 0 Å². The summed E-state index contributed by atoms with van der Waals surface area (Å²) in [7, 11) is 0. The third-order valence-corrected chi connectivity index (χ3v) is 8.82. The fraction of sp³-hybridized carbons (Fsp3) is 0.576. The van der Waals surface area contributed by atoms with Crippen LogP contribution in [0.25, 0.3) is 0 Å². The second-order valence-electron chi connectivity index (χ2n) is 11.6. The number of nitrogens with zero attached hydrogens (tertiary/aromatic N) is 2. The number of unbranched alkanes of at least 4 members (excludes halogenated alkanes) is 1. The van der Waals surface area contributed by atoms with Crippen LogP contribution in [0.5, 0.6) is 0 Å². The summed E-state index contributed by atoms with van der Waals surface area (Å²) in [5.41, 5.74) is -0.362. The maximum Gasteiger partial charge on any atom is 0.306 e. The lowest BCUT2D eigenvalue weighted by atomic mass is 9.70. The predicted molar refractivity (Wildman–Crippen MR) is 160 cm³/mol. The van der Waals surface area contributed by atoms with Crippen LogP contribution in [0.4, 0.5) is 0 Å². The van der Waals surface area contributed by atoms with E-state index in [2.05, 4.69) is 18.5 Å². The van der Waals surface area contributed by atoms with Gasteiger partial charge >= 0.3 is 5.97 Å². The van der Waals surface area contributed by atoms with Gasteiger partial charge in [-0.15, -0.1) is 13.2 Å². The van der Waals surface area contributed by atoms with Gasteiger partial charge in [-0.05, 0) is 37.7 Å². The van der Waals surface area contributed by atoms with Gasteiger partial charge in [0.05, 0.1) is 24.0 Å². The fourth-order valence-corrected chi connectivity index (χ4v) is 6.83. The predicted octanol–water partition coefficient (Wildman–Crippen LogP) is 2.93. The maximum atomic E-state index is 14.1. The van der Waals surface area contributed by atoms with E-state index < -0.39 is 41.6 Å². The molecule has 6 atom stereocenters. The normalized spacial score (nSPS) is 26.1. The molecular weight excluding hydrogens is 550 g/mol. The molecule has 2 bridgehead atoms. The molecule has 3 saturated heterocycles. The third kappa shape index (κ3) is 6.70. The van der Waals surface area contributed by atoms with Crippen LogP contribution in [0, 0.1) is 11.8 Å². The molecule has 1 aromatic rings. The van der Waals surface area contributed by atoms with Crippen LogP contribution in [0.2, 0.25) is 0 Å². The number of esters is 1. The van der Waals surface area contributed by atoms with E-state index in [1.54, 1.807) is 17.1 Å². The number of rotatable bonds is 17. The van der Waals surface area contributed by atoms with Gasteiger partial charge in [-0.3, -0.25) is 19.2 Å². The molecule has 0 aliphatic carbocycles. The Kier molecular flexibility index (Phi) is 11.2. The molecule has 0 saturated carbocycles. The first-order valence-corrected chi connectivity index (χ1v) is 15.4. The van der Waals surface area contributed by atoms with Crippen LogP contribution in [-0.2, 0) is 28.7 Å². The van der Waals surface area contributed by atoms with E-state index in [4.69, 9.17) is 9.47 Å². The minimum absolute atomic E-state index is 0.0641. The molecule has 2 N–H and O–H groups in total. The van der Waals surface area contributed by atoms with E-state index in [0.29, 0.717) is 38.8 Å². The number of benzene rings is 1. The van der Waals surface area contributed by atoms with E-state index in [9.17, 15) is 24.3 Å². The summed E-state index contributed by atoms with van der Waals surface area (Å²) in [6.45, 7) is 10.4. The first-order chi connectivity index (χ1) is 20.8. The van der Waals surface area contributed by atoms with Gasteiger partial charge in [0.25, 0.3) is 0 Å². The minimum atomic E-state index is -1.12. The highest BCUT2D eigenvalue weighted by Crippen LogP contribution is 2.58. The molecule has 3 amide bonds. The molecule has 3 heterocycles. The van der Waals surface area contributed by atoms with Crippen LogP contribution in [0.3, 0.4) is 0 Å². The SMILES string of the molecule is C=CCCC(=O)OC[C@@H](NC(=O)[C@@H]1[C@@H]2CC[C@]3(O2)[C@H](C(=O)N(CC=C)CCCC)N(CCCO)C(=O)[C@@H]13)c1ccccc1. The van der Waals surface area contributed by atoms with Gasteiger partial charge in [-0.25, -0.2) is 0 Å². The molecule has 10 nitrogen and oxygen atoms in total. The minimum Gasteiger partial charge on any atom is -0.463 e. The summed E-state index contributed by atoms with van der Waals surface area (Å²) in [5.74, 6) is -2.90. The number of likely N-dealkylation sites (tertiary alicyclic amines) is 1. The summed E-state index contributed by atoms with van der Waals surface area (Å²) in [4.78, 5) is 57.8. The van der Waals surface area contributed by atoms with Crippen LogP contribution < -0.4 is 5.32 Å². The van der Waals surface area contributed by atoms with Gasteiger partial charge in [-0.1, -0.05) is 55.8 Å². The number of hydrogen-bond donors (Lipinski definition) is 2. The highest BCUT2D eigenvalue weighted by Gasteiger charge is 2.74. The largest absolute Gasteiger partial charge is 0.463 e. The lowest BCUT2D eigenvalue weighted by molar-refractivity contribution is -0.148. The van der Waals surface area contributed by atoms with Crippen LogP contribution in [-0.4, -0.2) is 89.2 Å². The highest BCUT2D eigenvalue weighted by molar-refractivity contribution is 5.99. The van der Waals surface area contributed by atoms with Crippen LogP contribution in [0.15, 0.2) is 55.6 Å². The molecule has 0 radical (unpaired) electrons. The molecule has 0 aromatic heterocycles. The van der Waals surface area contributed by atoms with Crippen molar-refractivity contribution in [3.8, 4) is 0 Å². The van der Waals surface area contributed by atoms with Crippen molar-refractivity contribution in [2.75, 3.05) is 32.8 Å². The number of carbonyl (C=O) groups is 4. The third-order valence-electron chi connectivity index (χ3n) is 8.82. The molecule has 1 aromatic carbocycles. The quantitative estimate of drug-likeness (QED) is 0.210. The fourth-order valence-electron chi connectivity index (χ4n) is 6.83. The summed E-state index contributed by atoms with van der Waals surface area (Å²) < 4.78 is 12.0. The van der Waals surface area contributed by atoms with E-state index in [-0.39, 0.29) is 43.9 Å². The Hall–Kier alpha value is -3.50. The van der Waals surface area contributed by atoms with Crippen molar-refractivity contribution >= 4 is 23.7 Å². The molecule has 3 aliphatic rings. The molecular formula is C33H45N3O7. The molecule has 43 heavy (non-hydrogen) atoms. The zero-order valence-electron chi connectivity index (χ0n) is 25.1. The summed E-state index contributed by atoms with van der Waals surface area (Å²) in [6.07, 6.45) is 6.53.